The van der Waals surface area contributed by atoms with Crippen molar-refractivity contribution in [1.82, 2.24) is 0 Å². The largest absolute Gasteiger partial charge is 0.504 e. The lowest BCUT2D eigenvalue weighted by Gasteiger charge is -2.45. The first-order chi connectivity index (χ1) is 16.0. The highest BCUT2D eigenvalue weighted by molar-refractivity contribution is 5.89. The Morgan fingerprint density at radius 1 is 0.824 bits per heavy atom. The molecule has 0 amide bonds. The number of hydrogen-bond donors (Lipinski definition) is 10. The quantitative estimate of drug-likeness (QED) is 0.161. The molecular weight excluding hydrogens is 468 g/mol. The Kier molecular flexibility index (Phi) is 8.14. The molecular formula is C19H26O15. The molecule has 15 nitrogen and oxygen atoms in total. The average Bonchev–Trinajstić information content (AvgIpc) is 2.81. The lowest BCUT2D eigenvalue weighted by atomic mass is 9.97. The monoisotopic (exact) mass is 494 g/mol. The predicted octanol–water partition coefficient (Wildman–Crippen LogP) is -4.20. The van der Waals surface area contributed by atoms with Crippen molar-refractivity contribution in [2.24, 2.45) is 0 Å². The molecule has 10 atom stereocenters. The summed E-state index contributed by atoms with van der Waals surface area (Å²) in [5, 5.41) is 98.6. The van der Waals surface area contributed by atoms with Gasteiger partial charge in [0.25, 0.3) is 0 Å². The Labute approximate surface area is 191 Å². The molecule has 192 valence electrons. The fourth-order valence-corrected chi connectivity index (χ4v) is 3.58. The second-order valence-corrected chi connectivity index (χ2v) is 7.77. The number of carbonyl (C=O) groups is 1. The number of rotatable bonds is 7. The van der Waals surface area contributed by atoms with Crippen LogP contribution >= 0.6 is 0 Å². The molecule has 10 N–H and O–H groups in total. The fourth-order valence-electron chi connectivity index (χ4n) is 3.58. The highest BCUT2D eigenvalue weighted by Gasteiger charge is 2.51. The van der Waals surface area contributed by atoms with Crippen LogP contribution in [-0.2, 0) is 14.2 Å². The van der Waals surface area contributed by atoms with E-state index >= 15 is 0 Å². The number of carboxylic acid groups (broad SMARTS) is 1. The van der Waals surface area contributed by atoms with Crippen molar-refractivity contribution < 1.29 is 74.8 Å². The van der Waals surface area contributed by atoms with Gasteiger partial charge in [0.2, 0.25) is 12.0 Å². The summed E-state index contributed by atoms with van der Waals surface area (Å²) in [6, 6.07) is 1.57. The van der Waals surface area contributed by atoms with Gasteiger partial charge in [0, 0.05) is 0 Å². The number of aliphatic hydroxyl groups is 7. The molecule has 0 aliphatic carbocycles. The Bertz CT molecular complexity index is 860. The summed E-state index contributed by atoms with van der Waals surface area (Å²) in [6.45, 7) is -1.58. The normalized spacial score (nSPS) is 38.4. The van der Waals surface area contributed by atoms with Gasteiger partial charge in [0.1, 0.15) is 48.8 Å². The van der Waals surface area contributed by atoms with Gasteiger partial charge in [-0.3, -0.25) is 0 Å². The highest BCUT2D eigenvalue weighted by atomic mass is 16.7. The molecule has 2 heterocycles. The standard InChI is InChI=1S/C19H26O15/c20-3-8-11(24)12(25)14(27)19(32-8)34-16-9(4-21)33-18(15(28)13(16)26)31-7-2-5(17(29)30)1-6(22)10(7)23/h1-2,8-9,11-16,18-28H,3-4H2,(H,29,30)/t8-,9-,11-,12+,13-,14-,15-,16-,18-,19+/m1/s1. The van der Waals surface area contributed by atoms with E-state index in [-0.39, 0.29) is 0 Å². The highest BCUT2D eigenvalue weighted by Crippen LogP contribution is 2.39. The van der Waals surface area contributed by atoms with Crippen LogP contribution in [0.25, 0.3) is 0 Å². The smallest absolute Gasteiger partial charge is 0.335 e. The van der Waals surface area contributed by atoms with Crippen LogP contribution in [-0.4, -0.2) is 132 Å². The van der Waals surface area contributed by atoms with Crippen molar-refractivity contribution in [2.75, 3.05) is 13.2 Å². The van der Waals surface area contributed by atoms with Crippen LogP contribution < -0.4 is 4.74 Å². The maximum atomic E-state index is 11.2. The molecule has 0 bridgehead atoms. The fraction of sp³-hybridized carbons (Fsp3) is 0.632. The topological polar surface area (TPSA) is 256 Å². The molecule has 2 aliphatic heterocycles. The van der Waals surface area contributed by atoms with E-state index in [0.717, 1.165) is 12.1 Å². The van der Waals surface area contributed by atoms with Crippen LogP contribution in [0.2, 0.25) is 0 Å². The number of ether oxygens (including phenoxy) is 4. The maximum Gasteiger partial charge on any atom is 0.335 e. The van der Waals surface area contributed by atoms with Gasteiger partial charge in [-0.15, -0.1) is 0 Å². The lowest BCUT2D eigenvalue weighted by molar-refractivity contribution is -0.352. The summed E-state index contributed by atoms with van der Waals surface area (Å²) in [7, 11) is 0. The van der Waals surface area contributed by atoms with Gasteiger partial charge in [0.05, 0.1) is 18.8 Å². The molecule has 1 aromatic carbocycles. The molecule has 2 aliphatic rings. The summed E-state index contributed by atoms with van der Waals surface area (Å²) in [5.41, 5.74) is -0.473. The minimum absolute atomic E-state index is 0.473. The van der Waals surface area contributed by atoms with Crippen molar-refractivity contribution >= 4 is 5.97 Å². The second kappa shape index (κ2) is 10.5. The van der Waals surface area contributed by atoms with Crippen LogP contribution in [0.15, 0.2) is 12.1 Å². The van der Waals surface area contributed by atoms with Gasteiger partial charge >= 0.3 is 5.97 Å². The molecule has 0 unspecified atom stereocenters. The van der Waals surface area contributed by atoms with Crippen molar-refractivity contribution in [1.29, 1.82) is 0 Å². The molecule has 0 radical (unpaired) electrons. The maximum absolute atomic E-state index is 11.2. The van der Waals surface area contributed by atoms with Gasteiger partial charge in [-0.2, -0.15) is 0 Å². The number of phenolic OH excluding ortho intramolecular Hbond substituents is 2. The lowest BCUT2D eigenvalue weighted by Crippen LogP contribution is -2.65. The van der Waals surface area contributed by atoms with E-state index in [1.54, 1.807) is 0 Å². The molecule has 15 heteroatoms. The van der Waals surface area contributed by atoms with E-state index in [0.29, 0.717) is 0 Å². The van der Waals surface area contributed by atoms with Gasteiger partial charge in [-0.05, 0) is 12.1 Å². The second-order valence-electron chi connectivity index (χ2n) is 7.77. The van der Waals surface area contributed by atoms with Gasteiger partial charge < -0.3 is 70.0 Å². The third-order valence-corrected chi connectivity index (χ3v) is 5.51. The zero-order chi connectivity index (χ0) is 25.3. The Balaban J connectivity index is 1.78. The zero-order valence-electron chi connectivity index (χ0n) is 17.4. The summed E-state index contributed by atoms with van der Waals surface area (Å²) in [4.78, 5) is 11.2. The molecule has 0 saturated carbocycles. The molecule has 3 rings (SSSR count). The first-order valence-electron chi connectivity index (χ1n) is 10.0. The van der Waals surface area contributed by atoms with E-state index in [1.807, 2.05) is 0 Å². The number of carboxylic acids is 1. The zero-order valence-corrected chi connectivity index (χ0v) is 17.4. The van der Waals surface area contributed by atoms with Gasteiger partial charge in [0.15, 0.2) is 17.8 Å². The van der Waals surface area contributed by atoms with Crippen molar-refractivity contribution in [3.8, 4) is 17.2 Å². The Morgan fingerprint density at radius 2 is 1.41 bits per heavy atom. The predicted molar refractivity (Wildman–Crippen MR) is 104 cm³/mol. The summed E-state index contributed by atoms with van der Waals surface area (Å²) in [6.07, 6.45) is -17.0. The van der Waals surface area contributed by atoms with Gasteiger partial charge in [-0.25, -0.2) is 4.79 Å². The van der Waals surface area contributed by atoms with E-state index in [9.17, 15) is 50.8 Å². The summed E-state index contributed by atoms with van der Waals surface area (Å²) < 4.78 is 21.2. The van der Waals surface area contributed by atoms with Crippen LogP contribution in [0, 0.1) is 0 Å². The van der Waals surface area contributed by atoms with E-state index < -0.39 is 103 Å². The number of aromatic hydroxyl groups is 2. The third-order valence-electron chi connectivity index (χ3n) is 5.51. The first-order valence-corrected chi connectivity index (χ1v) is 10.0. The number of hydrogen-bond acceptors (Lipinski definition) is 14. The Morgan fingerprint density at radius 3 is 2.00 bits per heavy atom. The molecule has 0 spiro atoms. The summed E-state index contributed by atoms with van der Waals surface area (Å²) in [5.74, 6) is -3.80. The number of aromatic carboxylic acids is 1. The SMILES string of the molecule is O=C(O)c1cc(O)c(O)c(O[C@@H]2O[C@H](CO)[C@@H](O[C@@H]3O[C@H](CO)[C@@H](O)[C@H](O)[C@H]3O)[C@H](O)[C@H]2O)c1. The number of phenols is 2. The van der Waals surface area contributed by atoms with Crippen LogP contribution in [0.3, 0.4) is 0 Å². The minimum atomic E-state index is -1.94. The average molecular weight is 494 g/mol. The molecule has 2 fully saturated rings. The number of benzene rings is 1. The minimum Gasteiger partial charge on any atom is -0.504 e. The van der Waals surface area contributed by atoms with Crippen molar-refractivity contribution in [3.05, 3.63) is 17.7 Å². The molecule has 2 saturated heterocycles. The van der Waals surface area contributed by atoms with Crippen molar-refractivity contribution in [2.45, 2.75) is 61.4 Å². The van der Waals surface area contributed by atoms with Crippen molar-refractivity contribution in [3.63, 3.8) is 0 Å². The van der Waals surface area contributed by atoms with Gasteiger partial charge in [-0.1, -0.05) is 0 Å². The van der Waals surface area contributed by atoms with Crippen LogP contribution in [0.1, 0.15) is 10.4 Å². The van der Waals surface area contributed by atoms with E-state index in [1.165, 1.54) is 0 Å². The van der Waals surface area contributed by atoms with E-state index in [2.05, 4.69) is 0 Å². The molecule has 1 aromatic rings. The van der Waals surface area contributed by atoms with E-state index in [4.69, 9.17) is 24.1 Å². The third kappa shape index (κ3) is 5.03. The summed E-state index contributed by atoms with van der Waals surface area (Å²) >= 11 is 0. The number of aliphatic hydroxyl groups excluding tert-OH is 7. The molecule has 0 aromatic heterocycles. The van der Waals surface area contributed by atoms with Crippen LogP contribution in [0.5, 0.6) is 17.2 Å². The first kappa shape index (κ1) is 26.3. The molecule has 34 heavy (non-hydrogen) atoms. The Hall–Kier alpha value is -2.31. The van der Waals surface area contributed by atoms with Crippen LogP contribution in [0.4, 0.5) is 0 Å².